The van der Waals surface area contributed by atoms with E-state index in [0.717, 1.165) is 73.5 Å². The lowest BCUT2D eigenvalue weighted by Crippen LogP contribution is -2.50. The van der Waals surface area contributed by atoms with Crippen molar-refractivity contribution in [1.29, 1.82) is 0 Å². The molecule has 0 aliphatic carbocycles. The minimum atomic E-state index is 0.149. The summed E-state index contributed by atoms with van der Waals surface area (Å²) < 4.78 is 5.98. The van der Waals surface area contributed by atoms with Crippen LogP contribution in [0, 0.1) is 0 Å². The average molecular weight is 411 g/mol. The fourth-order valence-corrected chi connectivity index (χ4v) is 5.12. The van der Waals surface area contributed by atoms with E-state index in [9.17, 15) is 4.79 Å². The number of carbonyl (C=O) groups is 1. The van der Waals surface area contributed by atoms with Crippen LogP contribution in [0.1, 0.15) is 36.0 Å². The number of amides is 1. The number of likely N-dealkylation sites (tertiary alicyclic amines) is 2. The first-order valence-electron chi connectivity index (χ1n) is 10.4. The molecule has 4 heterocycles. The van der Waals surface area contributed by atoms with Crippen molar-refractivity contribution in [2.45, 2.75) is 37.8 Å². The summed E-state index contributed by atoms with van der Waals surface area (Å²) in [7, 11) is 0. The third kappa shape index (κ3) is 4.02. The lowest BCUT2D eigenvalue weighted by atomic mass is 9.98. The van der Waals surface area contributed by atoms with Crippen LogP contribution < -0.4 is 4.74 Å². The number of hydrogen-bond acceptors (Lipinski definition) is 5. The molecule has 1 aromatic carbocycles. The van der Waals surface area contributed by atoms with Gasteiger partial charge in [0.25, 0.3) is 11.1 Å². The van der Waals surface area contributed by atoms with Gasteiger partial charge in [-0.1, -0.05) is 17.4 Å². The van der Waals surface area contributed by atoms with Crippen LogP contribution in [0.3, 0.4) is 0 Å². The summed E-state index contributed by atoms with van der Waals surface area (Å²) in [5.41, 5.74) is 1.80. The summed E-state index contributed by atoms with van der Waals surface area (Å²) >= 11 is 1.56. The summed E-state index contributed by atoms with van der Waals surface area (Å²) in [6.07, 6.45) is 8.19. The van der Waals surface area contributed by atoms with Gasteiger partial charge in [0.05, 0.1) is 0 Å². The summed E-state index contributed by atoms with van der Waals surface area (Å²) in [4.78, 5) is 24.9. The zero-order chi connectivity index (χ0) is 19.6. The van der Waals surface area contributed by atoms with E-state index in [0.29, 0.717) is 6.04 Å². The lowest BCUT2D eigenvalue weighted by molar-refractivity contribution is 0.0425. The molecule has 1 N–H and O–H groups in total. The van der Waals surface area contributed by atoms with Crippen LogP contribution in [0.2, 0.25) is 0 Å². The topological polar surface area (TPSA) is 61.5 Å². The minimum Gasteiger partial charge on any atom is -0.467 e. The van der Waals surface area contributed by atoms with E-state index in [1.165, 1.54) is 0 Å². The third-order valence-corrected chi connectivity index (χ3v) is 6.88. The number of nitrogens with one attached hydrogen (secondary N) is 1. The number of aromatic amines is 1. The molecule has 0 radical (unpaired) electrons. The molecule has 0 unspecified atom stereocenters. The van der Waals surface area contributed by atoms with Gasteiger partial charge in [-0.2, -0.15) is 0 Å². The Bertz CT molecular complexity index is 954. The molecule has 2 aliphatic rings. The highest BCUT2D eigenvalue weighted by Crippen LogP contribution is 2.25. The van der Waals surface area contributed by atoms with Crippen molar-refractivity contribution in [3.05, 3.63) is 47.6 Å². The largest absolute Gasteiger partial charge is 0.467 e. The van der Waals surface area contributed by atoms with Crippen molar-refractivity contribution in [3.63, 3.8) is 0 Å². The first kappa shape index (κ1) is 18.6. The number of rotatable bonds is 4. The molecule has 2 saturated heterocycles. The maximum Gasteiger partial charge on any atom is 0.273 e. The molecule has 5 rings (SSSR count). The second-order valence-corrected chi connectivity index (χ2v) is 8.81. The Morgan fingerprint density at radius 3 is 2.69 bits per heavy atom. The summed E-state index contributed by atoms with van der Waals surface area (Å²) in [6, 6.07) is 8.53. The number of ether oxygens (including phenoxy) is 1. The SMILES string of the molecule is O=C(c1ccc2cc[nH]c2c1)N1CCC(N2CCC(Oc3nccs3)CC2)CC1. The Kier molecular flexibility index (Phi) is 5.24. The number of nitrogens with zero attached hydrogens (tertiary/aromatic N) is 3. The second kappa shape index (κ2) is 8.16. The van der Waals surface area contributed by atoms with Gasteiger partial charge in [-0.3, -0.25) is 9.69 Å². The molecule has 2 aromatic heterocycles. The van der Waals surface area contributed by atoms with Crippen LogP contribution in [0.4, 0.5) is 0 Å². The van der Waals surface area contributed by atoms with Gasteiger partial charge in [-0.25, -0.2) is 4.98 Å². The number of fused-ring (bicyclic) bond motifs is 1. The highest BCUT2D eigenvalue weighted by molar-refractivity contribution is 7.11. The number of carbonyl (C=O) groups excluding carboxylic acids is 1. The maximum absolute atomic E-state index is 12.9. The summed E-state index contributed by atoms with van der Waals surface area (Å²) in [5, 5.41) is 3.88. The Morgan fingerprint density at radius 2 is 1.93 bits per heavy atom. The molecular formula is C22H26N4O2S. The van der Waals surface area contributed by atoms with E-state index in [1.807, 2.05) is 40.7 Å². The highest BCUT2D eigenvalue weighted by atomic mass is 32.1. The molecule has 6 nitrogen and oxygen atoms in total. The minimum absolute atomic E-state index is 0.149. The van der Waals surface area contributed by atoms with Crippen molar-refractivity contribution in [2.24, 2.45) is 0 Å². The number of aromatic nitrogens is 2. The van der Waals surface area contributed by atoms with Crippen molar-refractivity contribution < 1.29 is 9.53 Å². The first-order chi connectivity index (χ1) is 14.3. The maximum atomic E-state index is 12.9. The molecule has 1 amide bonds. The van der Waals surface area contributed by atoms with Gasteiger partial charge < -0.3 is 14.6 Å². The van der Waals surface area contributed by atoms with Gasteiger partial charge >= 0.3 is 0 Å². The molecule has 3 aromatic rings. The van der Waals surface area contributed by atoms with E-state index in [-0.39, 0.29) is 12.0 Å². The van der Waals surface area contributed by atoms with Crippen LogP contribution in [0.15, 0.2) is 42.0 Å². The molecule has 7 heteroatoms. The third-order valence-electron chi connectivity index (χ3n) is 6.22. The molecule has 0 saturated carbocycles. The van der Waals surface area contributed by atoms with Crippen LogP contribution >= 0.6 is 11.3 Å². The fourth-order valence-electron chi connectivity index (χ4n) is 4.57. The predicted octanol–water partition coefficient (Wildman–Crippen LogP) is 3.77. The van der Waals surface area contributed by atoms with Gasteiger partial charge in [0, 0.05) is 61.1 Å². The monoisotopic (exact) mass is 410 g/mol. The van der Waals surface area contributed by atoms with Crippen molar-refractivity contribution in [3.8, 4) is 5.19 Å². The van der Waals surface area contributed by atoms with Crippen molar-refractivity contribution in [2.75, 3.05) is 26.2 Å². The normalized spacial score (nSPS) is 19.7. The fraction of sp³-hybridized carbons (Fsp3) is 0.455. The molecular weight excluding hydrogens is 384 g/mol. The van der Waals surface area contributed by atoms with Crippen LogP contribution in [-0.2, 0) is 0 Å². The predicted molar refractivity (Wildman–Crippen MR) is 115 cm³/mol. The van der Waals surface area contributed by atoms with Crippen molar-refractivity contribution in [1.82, 2.24) is 19.8 Å². The Hall–Kier alpha value is -2.38. The van der Waals surface area contributed by atoms with Gasteiger partial charge in [0.15, 0.2) is 0 Å². The number of benzene rings is 1. The number of thiazole rings is 1. The van der Waals surface area contributed by atoms with E-state index in [4.69, 9.17) is 4.74 Å². The first-order valence-corrected chi connectivity index (χ1v) is 11.3. The average Bonchev–Trinajstić information content (AvgIpc) is 3.45. The zero-order valence-electron chi connectivity index (χ0n) is 16.4. The van der Waals surface area contributed by atoms with Crippen molar-refractivity contribution >= 4 is 28.1 Å². The van der Waals surface area contributed by atoms with Crippen LogP contribution in [0.5, 0.6) is 5.19 Å². The van der Waals surface area contributed by atoms with Gasteiger partial charge in [0.2, 0.25) is 0 Å². The Labute approximate surface area is 174 Å². The van der Waals surface area contributed by atoms with E-state index < -0.39 is 0 Å². The lowest BCUT2D eigenvalue weighted by Gasteiger charge is -2.41. The molecule has 2 fully saturated rings. The van der Waals surface area contributed by atoms with Gasteiger partial charge in [0.1, 0.15) is 6.10 Å². The van der Waals surface area contributed by atoms with Gasteiger partial charge in [-0.15, -0.1) is 0 Å². The molecule has 0 spiro atoms. The summed E-state index contributed by atoms with van der Waals surface area (Å²) in [5.74, 6) is 0.149. The van der Waals surface area contributed by atoms with Crippen LogP contribution in [0.25, 0.3) is 10.9 Å². The Morgan fingerprint density at radius 1 is 1.10 bits per heavy atom. The quantitative estimate of drug-likeness (QED) is 0.711. The van der Waals surface area contributed by atoms with E-state index in [2.05, 4.69) is 14.9 Å². The molecule has 0 atom stereocenters. The molecule has 2 aliphatic heterocycles. The number of hydrogen-bond donors (Lipinski definition) is 1. The van der Waals surface area contributed by atoms with Crippen LogP contribution in [-0.4, -0.2) is 64.0 Å². The second-order valence-electron chi connectivity index (χ2n) is 7.95. The Balaban J connectivity index is 1.12. The van der Waals surface area contributed by atoms with E-state index in [1.54, 1.807) is 17.5 Å². The number of H-pyrrole nitrogens is 1. The number of piperidine rings is 2. The standard InChI is InChI=1S/C22H26N4O2S/c27-21(17-2-1-16-3-8-23-20(16)15-17)26-10-4-18(5-11-26)25-12-6-19(7-13-25)28-22-24-9-14-29-22/h1-3,8-9,14-15,18-19,23H,4-7,10-13H2. The van der Waals surface area contributed by atoms with Gasteiger partial charge in [-0.05, 0) is 49.3 Å². The molecule has 152 valence electrons. The summed E-state index contributed by atoms with van der Waals surface area (Å²) in [6.45, 7) is 3.81. The zero-order valence-corrected chi connectivity index (χ0v) is 17.2. The molecule has 29 heavy (non-hydrogen) atoms. The highest BCUT2D eigenvalue weighted by Gasteiger charge is 2.30. The van der Waals surface area contributed by atoms with E-state index >= 15 is 0 Å². The smallest absolute Gasteiger partial charge is 0.273 e. The molecule has 0 bridgehead atoms.